The monoisotopic (exact) mass is 261 g/mol. The molecule has 0 aliphatic carbocycles. The summed E-state index contributed by atoms with van der Waals surface area (Å²) in [5.74, 6) is 2.02. The summed E-state index contributed by atoms with van der Waals surface area (Å²) in [5, 5.41) is 4.47. The van der Waals surface area contributed by atoms with Crippen LogP contribution in [0.1, 0.15) is 18.4 Å². The van der Waals surface area contributed by atoms with E-state index in [1.165, 1.54) is 37.2 Å². The maximum Gasteiger partial charge on any atom is 0.166 e. The van der Waals surface area contributed by atoms with E-state index in [1.54, 1.807) is 0 Å². The lowest BCUT2D eigenvalue weighted by Gasteiger charge is -2.21. The largest absolute Gasteiger partial charge is 0.333 e. The molecule has 0 spiro atoms. The van der Waals surface area contributed by atoms with Crippen molar-refractivity contribution in [2.75, 3.05) is 18.8 Å². The molecule has 4 heteroatoms. The molecule has 2 heterocycles. The topological polar surface area (TPSA) is 40.7 Å². The Balaban J connectivity index is 1.67. The van der Waals surface area contributed by atoms with Gasteiger partial charge in [-0.15, -0.1) is 0 Å². The van der Waals surface area contributed by atoms with Gasteiger partial charge in [-0.05, 0) is 56.5 Å². The Morgan fingerprint density at radius 1 is 1.33 bits per heavy atom. The standard InChI is InChI=1S/C14H19N3S/c1-10-2-3-12-13(8-10)17-14(16-12)18-9-11-4-6-15-7-5-11/h2-3,8,11,15H,4-7,9H2,1H3,(H,16,17). The van der Waals surface area contributed by atoms with Gasteiger partial charge in [0.2, 0.25) is 0 Å². The van der Waals surface area contributed by atoms with E-state index in [1.807, 2.05) is 11.8 Å². The number of aryl methyl sites for hydroxylation is 1. The molecule has 18 heavy (non-hydrogen) atoms. The number of piperidine rings is 1. The average molecular weight is 261 g/mol. The summed E-state index contributed by atoms with van der Waals surface area (Å²) in [6, 6.07) is 6.37. The maximum absolute atomic E-state index is 4.63. The zero-order valence-corrected chi connectivity index (χ0v) is 11.5. The van der Waals surface area contributed by atoms with Gasteiger partial charge in [-0.3, -0.25) is 0 Å². The molecule has 1 aromatic carbocycles. The van der Waals surface area contributed by atoms with Crippen molar-refractivity contribution in [3.05, 3.63) is 23.8 Å². The number of hydrogen-bond acceptors (Lipinski definition) is 3. The van der Waals surface area contributed by atoms with Crippen LogP contribution in [-0.2, 0) is 0 Å². The third kappa shape index (κ3) is 2.70. The Hall–Kier alpha value is -1.00. The molecule has 0 radical (unpaired) electrons. The van der Waals surface area contributed by atoms with Gasteiger partial charge in [-0.25, -0.2) is 4.98 Å². The van der Waals surface area contributed by atoms with Crippen molar-refractivity contribution in [1.29, 1.82) is 0 Å². The molecule has 0 saturated carbocycles. The Morgan fingerprint density at radius 3 is 3.00 bits per heavy atom. The Morgan fingerprint density at radius 2 is 2.17 bits per heavy atom. The number of nitrogens with zero attached hydrogens (tertiary/aromatic N) is 1. The smallest absolute Gasteiger partial charge is 0.166 e. The molecule has 1 aliphatic rings. The van der Waals surface area contributed by atoms with Crippen molar-refractivity contribution < 1.29 is 0 Å². The average Bonchev–Trinajstić information content (AvgIpc) is 2.79. The number of aromatic amines is 1. The van der Waals surface area contributed by atoms with Crippen molar-refractivity contribution in [3.63, 3.8) is 0 Å². The highest BCUT2D eigenvalue weighted by Gasteiger charge is 2.14. The molecule has 3 rings (SSSR count). The summed E-state index contributed by atoms with van der Waals surface area (Å²) < 4.78 is 0. The van der Waals surface area contributed by atoms with Gasteiger partial charge in [0.05, 0.1) is 11.0 Å². The first-order valence-corrected chi connectivity index (χ1v) is 7.60. The van der Waals surface area contributed by atoms with Crippen LogP contribution >= 0.6 is 11.8 Å². The van der Waals surface area contributed by atoms with Crippen LogP contribution in [-0.4, -0.2) is 28.8 Å². The normalized spacial score (nSPS) is 17.4. The highest BCUT2D eigenvalue weighted by Crippen LogP contribution is 2.25. The van der Waals surface area contributed by atoms with E-state index < -0.39 is 0 Å². The van der Waals surface area contributed by atoms with Crippen LogP contribution in [0.4, 0.5) is 0 Å². The number of thioether (sulfide) groups is 1. The summed E-state index contributed by atoms with van der Waals surface area (Å²) in [7, 11) is 0. The van der Waals surface area contributed by atoms with Gasteiger partial charge in [-0.1, -0.05) is 17.8 Å². The van der Waals surface area contributed by atoms with Gasteiger partial charge >= 0.3 is 0 Å². The van der Waals surface area contributed by atoms with E-state index in [-0.39, 0.29) is 0 Å². The van der Waals surface area contributed by atoms with E-state index >= 15 is 0 Å². The second-order valence-corrected chi connectivity index (χ2v) is 6.08. The predicted octanol–water partition coefficient (Wildman–Crippen LogP) is 2.96. The van der Waals surface area contributed by atoms with Crippen molar-refractivity contribution in [2.24, 2.45) is 5.92 Å². The number of imidazole rings is 1. The SMILES string of the molecule is Cc1ccc2nc(SCC3CCNCC3)[nH]c2c1. The van der Waals surface area contributed by atoms with Gasteiger partial charge in [-0.2, -0.15) is 0 Å². The Labute approximate surface area is 112 Å². The third-order valence-corrected chi connectivity index (χ3v) is 4.63. The van der Waals surface area contributed by atoms with Crippen molar-refractivity contribution >= 4 is 22.8 Å². The second-order valence-electron chi connectivity index (χ2n) is 5.07. The number of H-pyrrole nitrogens is 1. The second kappa shape index (κ2) is 5.33. The molecule has 3 nitrogen and oxygen atoms in total. The molecule has 1 saturated heterocycles. The highest BCUT2D eigenvalue weighted by molar-refractivity contribution is 7.99. The zero-order chi connectivity index (χ0) is 12.4. The van der Waals surface area contributed by atoms with Crippen LogP contribution in [0.2, 0.25) is 0 Å². The first-order valence-electron chi connectivity index (χ1n) is 6.61. The maximum atomic E-state index is 4.63. The molecule has 1 aliphatic heterocycles. The minimum absolute atomic E-state index is 0.839. The van der Waals surface area contributed by atoms with E-state index in [0.29, 0.717) is 0 Å². The summed E-state index contributed by atoms with van der Waals surface area (Å²) in [5.41, 5.74) is 3.51. The van der Waals surface area contributed by atoms with Crippen molar-refractivity contribution in [2.45, 2.75) is 24.9 Å². The highest BCUT2D eigenvalue weighted by atomic mass is 32.2. The molecule has 1 aromatic heterocycles. The molecule has 0 unspecified atom stereocenters. The molecule has 2 aromatic rings. The number of fused-ring (bicyclic) bond motifs is 1. The van der Waals surface area contributed by atoms with Gasteiger partial charge in [0.1, 0.15) is 0 Å². The van der Waals surface area contributed by atoms with E-state index in [4.69, 9.17) is 0 Å². The number of benzene rings is 1. The number of rotatable bonds is 3. The predicted molar refractivity (Wildman–Crippen MR) is 77.1 cm³/mol. The van der Waals surface area contributed by atoms with Crippen LogP contribution < -0.4 is 5.32 Å². The molecule has 0 amide bonds. The molecule has 0 atom stereocenters. The lowest BCUT2D eigenvalue weighted by atomic mass is 10.0. The lowest BCUT2D eigenvalue weighted by Crippen LogP contribution is -2.28. The first kappa shape index (κ1) is 12.1. The quantitative estimate of drug-likeness (QED) is 0.835. The van der Waals surface area contributed by atoms with Gasteiger partial charge in [0.25, 0.3) is 0 Å². The van der Waals surface area contributed by atoms with E-state index in [9.17, 15) is 0 Å². The van der Waals surface area contributed by atoms with Crippen LogP contribution in [0.25, 0.3) is 11.0 Å². The fourth-order valence-electron chi connectivity index (χ4n) is 2.41. The molecule has 96 valence electrons. The van der Waals surface area contributed by atoms with E-state index in [0.717, 1.165) is 22.1 Å². The van der Waals surface area contributed by atoms with Crippen LogP contribution in [0.5, 0.6) is 0 Å². The summed E-state index contributed by atoms with van der Waals surface area (Å²) in [6.45, 7) is 4.46. The van der Waals surface area contributed by atoms with Gasteiger partial charge < -0.3 is 10.3 Å². The minimum Gasteiger partial charge on any atom is -0.333 e. The molecule has 0 bridgehead atoms. The van der Waals surface area contributed by atoms with Crippen molar-refractivity contribution in [3.8, 4) is 0 Å². The van der Waals surface area contributed by atoms with Crippen LogP contribution in [0, 0.1) is 12.8 Å². The third-order valence-electron chi connectivity index (χ3n) is 3.53. The fourth-order valence-corrected chi connectivity index (χ4v) is 3.49. The molecular formula is C14H19N3S. The molecule has 1 fully saturated rings. The van der Waals surface area contributed by atoms with Crippen LogP contribution in [0.3, 0.4) is 0 Å². The van der Waals surface area contributed by atoms with E-state index in [2.05, 4.69) is 40.4 Å². The number of aromatic nitrogens is 2. The van der Waals surface area contributed by atoms with Crippen LogP contribution in [0.15, 0.2) is 23.4 Å². The molecular weight excluding hydrogens is 242 g/mol. The number of nitrogens with one attached hydrogen (secondary N) is 2. The summed E-state index contributed by atoms with van der Waals surface area (Å²) >= 11 is 1.86. The Bertz CT molecular complexity index is 529. The fraction of sp³-hybridized carbons (Fsp3) is 0.500. The zero-order valence-electron chi connectivity index (χ0n) is 10.7. The van der Waals surface area contributed by atoms with Crippen molar-refractivity contribution in [1.82, 2.24) is 15.3 Å². The minimum atomic E-state index is 0.839. The summed E-state index contributed by atoms with van der Waals surface area (Å²) in [6.07, 6.45) is 2.60. The first-order chi connectivity index (χ1) is 8.81. The lowest BCUT2D eigenvalue weighted by molar-refractivity contribution is 0.407. The number of hydrogen-bond donors (Lipinski definition) is 2. The van der Waals surface area contributed by atoms with Gasteiger partial charge in [0.15, 0.2) is 5.16 Å². The Kier molecular flexibility index (Phi) is 3.57. The van der Waals surface area contributed by atoms with Gasteiger partial charge in [0, 0.05) is 5.75 Å². The summed E-state index contributed by atoms with van der Waals surface area (Å²) in [4.78, 5) is 8.04. The molecule has 2 N–H and O–H groups in total.